The molecular formula is C20H33IN4O3S. The van der Waals surface area contributed by atoms with E-state index < -0.39 is 10.0 Å². The van der Waals surface area contributed by atoms with Crippen LogP contribution in [-0.4, -0.2) is 58.1 Å². The van der Waals surface area contributed by atoms with Crippen molar-refractivity contribution in [3.8, 4) is 0 Å². The normalized spacial score (nSPS) is 23.4. The van der Waals surface area contributed by atoms with E-state index in [0.29, 0.717) is 30.4 Å². The van der Waals surface area contributed by atoms with Gasteiger partial charge in [0.15, 0.2) is 5.96 Å². The third kappa shape index (κ3) is 6.80. The van der Waals surface area contributed by atoms with Gasteiger partial charge in [-0.1, -0.05) is 19.1 Å². The number of nitrogens with zero attached hydrogens (tertiary/aromatic N) is 2. The Hall–Kier alpha value is -0.910. The van der Waals surface area contributed by atoms with Crippen molar-refractivity contribution in [3.05, 3.63) is 29.8 Å². The minimum atomic E-state index is -3.40. The number of benzene rings is 1. The summed E-state index contributed by atoms with van der Waals surface area (Å²) in [6, 6.07) is 7.13. The minimum Gasteiger partial charge on any atom is -0.376 e. The van der Waals surface area contributed by atoms with Gasteiger partial charge in [0.05, 0.1) is 11.0 Å². The lowest BCUT2D eigenvalue weighted by molar-refractivity contribution is 0.114. The van der Waals surface area contributed by atoms with Crippen molar-refractivity contribution in [2.45, 2.75) is 50.2 Å². The molecule has 2 fully saturated rings. The number of piperidine rings is 1. The van der Waals surface area contributed by atoms with Gasteiger partial charge in [0.1, 0.15) is 0 Å². The zero-order valence-corrected chi connectivity index (χ0v) is 20.4. The molecule has 0 aliphatic carbocycles. The second-order valence-corrected chi connectivity index (χ2v) is 9.63. The fourth-order valence-corrected chi connectivity index (χ4v) is 5.31. The van der Waals surface area contributed by atoms with Gasteiger partial charge in [0.2, 0.25) is 10.0 Å². The standard InChI is InChI=1S/C20H32N4O3S.HI/c1-16-5-3-11-24(15-16)28(25,26)19-9-7-17(8-10-19)13-22-20(21-2)23-14-18-6-4-12-27-18;/h7-10,16,18H,3-6,11-15H2,1-2H3,(H2,21,22,23);1H. The first-order valence-electron chi connectivity index (χ1n) is 10.1. The maximum atomic E-state index is 12.8. The van der Waals surface area contributed by atoms with Crippen molar-refractivity contribution in [2.24, 2.45) is 10.9 Å². The molecule has 7 nitrogen and oxygen atoms in total. The van der Waals surface area contributed by atoms with E-state index >= 15 is 0 Å². The van der Waals surface area contributed by atoms with Crippen LogP contribution in [0.1, 0.15) is 38.2 Å². The Labute approximate surface area is 191 Å². The monoisotopic (exact) mass is 536 g/mol. The van der Waals surface area contributed by atoms with Gasteiger partial charge in [0.25, 0.3) is 0 Å². The average molecular weight is 536 g/mol. The van der Waals surface area contributed by atoms with Gasteiger partial charge < -0.3 is 15.4 Å². The Morgan fingerprint density at radius 1 is 1.21 bits per heavy atom. The van der Waals surface area contributed by atoms with E-state index in [0.717, 1.165) is 50.4 Å². The fraction of sp³-hybridized carbons (Fsp3) is 0.650. The molecule has 2 N–H and O–H groups in total. The summed E-state index contributed by atoms with van der Waals surface area (Å²) >= 11 is 0. The van der Waals surface area contributed by atoms with Crippen molar-refractivity contribution in [3.63, 3.8) is 0 Å². The number of rotatable bonds is 6. The van der Waals surface area contributed by atoms with E-state index in [4.69, 9.17) is 4.74 Å². The molecule has 3 rings (SSSR count). The molecule has 0 spiro atoms. The van der Waals surface area contributed by atoms with Gasteiger partial charge in [-0.05, 0) is 49.3 Å². The van der Waals surface area contributed by atoms with Crippen molar-refractivity contribution in [2.75, 3.05) is 33.3 Å². The Bertz CT molecular complexity index is 764. The van der Waals surface area contributed by atoms with Crippen molar-refractivity contribution in [1.29, 1.82) is 0 Å². The summed E-state index contributed by atoms with van der Waals surface area (Å²) in [5.41, 5.74) is 1.01. The van der Waals surface area contributed by atoms with Gasteiger partial charge in [-0.25, -0.2) is 8.42 Å². The van der Waals surface area contributed by atoms with Gasteiger partial charge >= 0.3 is 0 Å². The van der Waals surface area contributed by atoms with Crippen LogP contribution in [0.3, 0.4) is 0 Å². The molecule has 2 aliphatic rings. The van der Waals surface area contributed by atoms with E-state index in [2.05, 4.69) is 22.5 Å². The number of nitrogens with one attached hydrogen (secondary N) is 2. The first-order valence-corrected chi connectivity index (χ1v) is 11.6. The Morgan fingerprint density at radius 3 is 2.59 bits per heavy atom. The molecule has 0 amide bonds. The number of guanidine groups is 1. The number of hydrogen-bond donors (Lipinski definition) is 2. The van der Waals surface area contributed by atoms with Crippen molar-refractivity contribution < 1.29 is 13.2 Å². The molecule has 164 valence electrons. The zero-order valence-electron chi connectivity index (χ0n) is 17.3. The van der Waals surface area contributed by atoms with Crippen LogP contribution in [0.2, 0.25) is 0 Å². The van der Waals surface area contributed by atoms with Crippen LogP contribution in [0.15, 0.2) is 34.2 Å². The molecule has 0 bridgehead atoms. The molecule has 1 aromatic rings. The van der Waals surface area contributed by atoms with Gasteiger partial charge in [-0.2, -0.15) is 4.31 Å². The number of hydrogen-bond acceptors (Lipinski definition) is 4. The van der Waals surface area contributed by atoms with Crippen molar-refractivity contribution >= 4 is 40.0 Å². The van der Waals surface area contributed by atoms with Crippen LogP contribution < -0.4 is 10.6 Å². The summed E-state index contributed by atoms with van der Waals surface area (Å²) in [6.45, 7) is 5.48. The summed E-state index contributed by atoms with van der Waals surface area (Å²) in [4.78, 5) is 4.59. The predicted molar refractivity (Wildman–Crippen MR) is 126 cm³/mol. The number of sulfonamides is 1. The number of ether oxygens (including phenoxy) is 1. The summed E-state index contributed by atoms with van der Waals surface area (Å²) in [7, 11) is -1.67. The van der Waals surface area contributed by atoms with E-state index in [-0.39, 0.29) is 30.1 Å². The summed E-state index contributed by atoms with van der Waals surface area (Å²) in [5, 5.41) is 6.54. The molecule has 2 saturated heterocycles. The summed E-state index contributed by atoms with van der Waals surface area (Å²) in [6.07, 6.45) is 4.47. The van der Waals surface area contributed by atoms with Crippen LogP contribution in [0, 0.1) is 5.92 Å². The molecule has 2 heterocycles. The molecule has 2 aliphatic heterocycles. The second-order valence-electron chi connectivity index (χ2n) is 7.70. The Balaban J connectivity index is 0.00000300. The Kier molecular flexibility index (Phi) is 9.64. The van der Waals surface area contributed by atoms with E-state index in [1.165, 1.54) is 0 Å². The second kappa shape index (κ2) is 11.5. The van der Waals surface area contributed by atoms with Crippen molar-refractivity contribution in [1.82, 2.24) is 14.9 Å². The largest absolute Gasteiger partial charge is 0.376 e. The lowest BCUT2D eigenvalue weighted by Crippen LogP contribution is -2.40. The highest BCUT2D eigenvalue weighted by molar-refractivity contribution is 14.0. The molecule has 29 heavy (non-hydrogen) atoms. The maximum absolute atomic E-state index is 12.8. The average Bonchev–Trinajstić information content (AvgIpc) is 3.22. The topological polar surface area (TPSA) is 83.0 Å². The van der Waals surface area contributed by atoms with Crippen LogP contribution in [0.4, 0.5) is 0 Å². The highest BCUT2D eigenvalue weighted by atomic mass is 127. The van der Waals surface area contributed by atoms with Crippen LogP contribution in [0.5, 0.6) is 0 Å². The Morgan fingerprint density at radius 2 is 1.97 bits per heavy atom. The van der Waals surface area contributed by atoms with Crippen LogP contribution >= 0.6 is 24.0 Å². The lowest BCUT2D eigenvalue weighted by atomic mass is 10.0. The number of halogens is 1. The fourth-order valence-electron chi connectivity index (χ4n) is 3.72. The van der Waals surface area contributed by atoms with E-state index in [1.807, 2.05) is 12.1 Å². The van der Waals surface area contributed by atoms with E-state index in [9.17, 15) is 8.42 Å². The lowest BCUT2D eigenvalue weighted by Gasteiger charge is -2.30. The third-order valence-electron chi connectivity index (χ3n) is 5.39. The highest BCUT2D eigenvalue weighted by Gasteiger charge is 2.28. The number of aliphatic imine (C=N–C) groups is 1. The van der Waals surface area contributed by atoms with Gasteiger partial charge in [-0.15, -0.1) is 24.0 Å². The smallest absolute Gasteiger partial charge is 0.243 e. The summed E-state index contributed by atoms with van der Waals surface area (Å²) in [5.74, 6) is 1.13. The van der Waals surface area contributed by atoms with Crippen LogP contribution in [-0.2, 0) is 21.3 Å². The molecule has 0 saturated carbocycles. The first kappa shape index (κ1) is 24.4. The maximum Gasteiger partial charge on any atom is 0.243 e. The molecule has 1 aromatic carbocycles. The zero-order chi connectivity index (χ0) is 20.0. The molecule has 2 unspecified atom stereocenters. The molecular weight excluding hydrogens is 503 g/mol. The summed E-state index contributed by atoms with van der Waals surface area (Å²) < 4.78 is 32.9. The predicted octanol–water partition coefficient (Wildman–Crippen LogP) is 2.57. The third-order valence-corrected chi connectivity index (χ3v) is 7.26. The molecule has 9 heteroatoms. The molecule has 2 atom stereocenters. The van der Waals surface area contributed by atoms with Crippen LogP contribution in [0.25, 0.3) is 0 Å². The van der Waals surface area contributed by atoms with E-state index in [1.54, 1.807) is 23.5 Å². The highest BCUT2D eigenvalue weighted by Crippen LogP contribution is 2.23. The van der Waals surface area contributed by atoms with Gasteiger partial charge in [0, 0.05) is 39.8 Å². The SMILES string of the molecule is CN=C(NCc1ccc(S(=O)(=O)N2CCCC(C)C2)cc1)NCC1CCCO1.I. The quantitative estimate of drug-likeness (QED) is 0.332. The molecule has 0 radical (unpaired) electrons. The molecule has 0 aromatic heterocycles. The first-order chi connectivity index (χ1) is 13.5. The minimum absolute atomic E-state index is 0. The van der Waals surface area contributed by atoms with Gasteiger partial charge in [-0.3, -0.25) is 4.99 Å².